The van der Waals surface area contributed by atoms with Crippen LogP contribution in [0.1, 0.15) is 18.5 Å². The summed E-state index contributed by atoms with van der Waals surface area (Å²) in [7, 11) is 3.82. The molecular formula is C11H18N2O2. The molecule has 1 rings (SSSR count). The molecule has 1 aromatic heterocycles. The Kier molecular flexibility index (Phi) is 4.68. The van der Waals surface area contributed by atoms with Crippen LogP contribution in [0, 0.1) is 0 Å². The van der Waals surface area contributed by atoms with E-state index in [1.54, 1.807) is 12.4 Å². The van der Waals surface area contributed by atoms with Crippen LogP contribution >= 0.6 is 0 Å². The Morgan fingerprint density at radius 2 is 2.00 bits per heavy atom. The van der Waals surface area contributed by atoms with Crippen LogP contribution in [0.5, 0.6) is 0 Å². The highest BCUT2D eigenvalue weighted by Crippen LogP contribution is 2.21. The number of aliphatic hydroxyl groups is 1. The predicted molar refractivity (Wildman–Crippen MR) is 58.3 cm³/mol. The van der Waals surface area contributed by atoms with Crippen LogP contribution in [0.15, 0.2) is 24.5 Å². The summed E-state index contributed by atoms with van der Waals surface area (Å²) in [5, 5.41) is 9.85. The van der Waals surface area contributed by atoms with Crippen LogP contribution in [0.4, 0.5) is 0 Å². The Morgan fingerprint density at radius 1 is 1.40 bits per heavy atom. The first-order valence-corrected chi connectivity index (χ1v) is 5.02. The van der Waals surface area contributed by atoms with Gasteiger partial charge in [0.15, 0.2) is 6.29 Å². The zero-order valence-corrected chi connectivity index (χ0v) is 9.42. The van der Waals surface area contributed by atoms with Crippen LogP contribution in [0.3, 0.4) is 0 Å². The van der Waals surface area contributed by atoms with Gasteiger partial charge >= 0.3 is 0 Å². The van der Waals surface area contributed by atoms with Crippen molar-refractivity contribution in [1.82, 2.24) is 9.88 Å². The van der Waals surface area contributed by atoms with Crippen molar-refractivity contribution in [2.45, 2.75) is 19.3 Å². The number of aliphatic hydroxyl groups excluding tert-OH is 1. The summed E-state index contributed by atoms with van der Waals surface area (Å²) in [4.78, 5) is 5.88. The van der Waals surface area contributed by atoms with E-state index in [2.05, 4.69) is 4.98 Å². The first-order valence-electron chi connectivity index (χ1n) is 5.02. The SMILES string of the molecule is CCOC(O)C(c1ccncc1)N(C)C. The maximum absolute atomic E-state index is 9.85. The quantitative estimate of drug-likeness (QED) is 0.738. The largest absolute Gasteiger partial charge is 0.366 e. The molecule has 0 aliphatic heterocycles. The minimum Gasteiger partial charge on any atom is -0.366 e. The van der Waals surface area contributed by atoms with Gasteiger partial charge in [0.2, 0.25) is 0 Å². The molecule has 0 radical (unpaired) electrons. The van der Waals surface area contributed by atoms with Crippen LogP contribution in [0.2, 0.25) is 0 Å². The molecule has 84 valence electrons. The van der Waals surface area contributed by atoms with Crippen molar-refractivity contribution < 1.29 is 9.84 Å². The smallest absolute Gasteiger partial charge is 0.174 e. The van der Waals surface area contributed by atoms with E-state index >= 15 is 0 Å². The molecule has 0 aromatic carbocycles. The lowest BCUT2D eigenvalue weighted by atomic mass is 10.1. The van der Waals surface area contributed by atoms with Gasteiger partial charge < -0.3 is 9.84 Å². The second-order valence-electron chi connectivity index (χ2n) is 3.53. The second-order valence-corrected chi connectivity index (χ2v) is 3.53. The van der Waals surface area contributed by atoms with Crippen molar-refractivity contribution in [1.29, 1.82) is 0 Å². The van der Waals surface area contributed by atoms with Gasteiger partial charge in [0, 0.05) is 19.0 Å². The number of aromatic nitrogens is 1. The van der Waals surface area contributed by atoms with Crippen molar-refractivity contribution >= 4 is 0 Å². The molecule has 0 aliphatic carbocycles. The lowest BCUT2D eigenvalue weighted by Crippen LogP contribution is -2.33. The first-order chi connectivity index (χ1) is 7.16. The third-order valence-corrected chi connectivity index (χ3v) is 2.21. The topological polar surface area (TPSA) is 45.6 Å². The van der Waals surface area contributed by atoms with Gasteiger partial charge in [0.1, 0.15) is 0 Å². The lowest BCUT2D eigenvalue weighted by Gasteiger charge is -2.28. The Labute approximate surface area is 90.5 Å². The van der Waals surface area contributed by atoms with Crippen molar-refractivity contribution in [3.8, 4) is 0 Å². The number of ether oxygens (including phenoxy) is 1. The van der Waals surface area contributed by atoms with Crippen molar-refractivity contribution in [3.63, 3.8) is 0 Å². The number of nitrogens with zero attached hydrogens (tertiary/aromatic N) is 2. The third-order valence-electron chi connectivity index (χ3n) is 2.21. The molecule has 2 unspecified atom stereocenters. The van der Waals surface area contributed by atoms with Gasteiger partial charge in [0.05, 0.1) is 6.04 Å². The van der Waals surface area contributed by atoms with Crippen molar-refractivity contribution in [3.05, 3.63) is 30.1 Å². The fourth-order valence-electron chi connectivity index (χ4n) is 1.54. The molecular weight excluding hydrogens is 192 g/mol. The number of hydrogen-bond donors (Lipinski definition) is 1. The normalized spacial score (nSPS) is 15.3. The predicted octanol–water partition coefficient (Wildman–Crippen LogP) is 1.04. The Morgan fingerprint density at radius 3 is 2.47 bits per heavy atom. The molecule has 0 amide bonds. The van der Waals surface area contributed by atoms with E-state index in [0.29, 0.717) is 6.61 Å². The summed E-state index contributed by atoms with van der Waals surface area (Å²) >= 11 is 0. The zero-order chi connectivity index (χ0) is 11.3. The number of likely N-dealkylation sites (N-methyl/N-ethyl adjacent to an activating group) is 1. The maximum Gasteiger partial charge on any atom is 0.174 e. The minimum atomic E-state index is -0.813. The number of hydrogen-bond acceptors (Lipinski definition) is 4. The third kappa shape index (κ3) is 3.27. The van der Waals surface area contributed by atoms with Gasteiger partial charge in [-0.15, -0.1) is 0 Å². The molecule has 0 bridgehead atoms. The van der Waals surface area contributed by atoms with E-state index in [1.807, 2.05) is 38.1 Å². The summed E-state index contributed by atoms with van der Waals surface area (Å²) < 4.78 is 5.21. The summed E-state index contributed by atoms with van der Waals surface area (Å²) in [5.74, 6) is 0. The van der Waals surface area contributed by atoms with Crippen LogP contribution in [-0.4, -0.2) is 42.0 Å². The lowest BCUT2D eigenvalue weighted by molar-refractivity contribution is -0.136. The molecule has 15 heavy (non-hydrogen) atoms. The monoisotopic (exact) mass is 210 g/mol. The van der Waals surface area contributed by atoms with E-state index in [-0.39, 0.29) is 6.04 Å². The summed E-state index contributed by atoms with van der Waals surface area (Å²) in [6.07, 6.45) is 2.61. The minimum absolute atomic E-state index is 0.159. The molecule has 1 heterocycles. The fraction of sp³-hybridized carbons (Fsp3) is 0.545. The Bertz CT molecular complexity index is 277. The van der Waals surface area contributed by atoms with E-state index in [9.17, 15) is 5.11 Å². The number of rotatable bonds is 5. The average molecular weight is 210 g/mol. The highest BCUT2D eigenvalue weighted by molar-refractivity contribution is 5.15. The first kappa shape index (κ1) is 12.1. The van der Waals surface area contributed by atoms with Gasteiger partial charge in [-0.2, -0.15) is 0 Å². The molecule has 1 aromatic rings. The molecule has 1 N–H and O–H groups in total. The Hall–Kier alpha value is -0.970. The van der Waals surface area contributed by atoms with Gasteiger partial charge in [-0.25, -0.2) is 0 Å². The van der Waals surface area contributed by atoms with Gasteiger partial charge in [-0.05, 0) is 38.7 Å². The van der Waals surface area contributed by atoms with Crippen LogP contribution in [-0.2, 0) is 4.74 Å². The molecule has 0 fully saturated rings. The van der Waals surface area contributed by atoms with Crippen molar-refractivity contribution in [2.24, 2.45) is 0 Å². The van der Waals surface area contributed by atoms with Crippen LogP contribution in [0.25, 0.3) is 0 Å². The van der Waals surface area contributed by atoms with Crippen LogP contribution < -0.4 is 0 Å². The molecule has 4 heteroatoms. The summed E-state index contributed by atoms with van der Waals surface area (Å²) in [6, 6.07) is 3.60. The molecule has 0 saturated heterocycles. The van der Waals surface area contributed by atoms with Gasteiger partial charge in [-0.1, -0.05) is 0 Å². The highest BCUT2D eigenvalue weighted by atomic mass is 16.6. The molecule has 0 aliphatic rings. The van der Waals surface area contributed by atoms with Gasteiger partial charge in [-0.3, -0.25) is 9.88 Å². The number of pyridine rings is 1. The van der Waals surface area contributed by atoms with Gasteiger partial charge in [0.25, 0.3) is 0 Å². The average Bonchev–Trinajstić information content (AvgIpc) is 2.19. The molecule has 0 saturated carbocycles. The summed E-state index contributed by atoms with van der Waals surface area (Å²) in [6.45, 7) is 2.36. The molecule has 2 atom stereocenters. The Balaban J connectivity index is 2.83. The van der Waals surface area contributed by atoms with E-state index in [1.165, 1.54) is 0 Å². The standard InChI is InChI=1S/C11H18N2O2/c1-4-15-11(14)10(13(2)3)9-5-7-12-8-6-9/h5-8,10-11,14H,4H2,1-3H3. The second kappa shape index (κ2) is 5.80. The van der Waals surface area contributed by atoms with E-state index in [4.69, 9.17) is 4.74 Å². The fourth-order valence-corrected chi connectivity index (χ4v) is 1.54. The molecule has 4 nitrogen and oxygen atoms in total. The molecule has 0 spiro atoms. The van der Waals surface area contributed by atoms with E-state index < -0.39 is 6.29 Å². The highest BCUT2D eigenvalue weighted by Gasteiger charge is 2.23. The van der Waals surface area contributed by atoms with Crippen molar-refractivity contribution in [2.75, 3.05) is 20.7 Å². The maximum atomic E-state index is 9.85. The van der Waals surface area contributed by atoms with E-state index in [0.717, 1.165) is 5.56 Å². The zero-order valence-electron chi connectivity index (χ0n) is 9.42. The summed E-state index contributed by atoms with van der Waals surface area (Å²) in [5.41, 5.74) is 0.996.